The number of ether oxygens (including phenoxy) is 1. The maximum absolute atomic E-state index is 10.9. The topological polar surface area (TPSA) is 49.8 Å². The van der Waals surface area contributed by atoms with Gasteiger partial charge in [-0.25, -0.2) is 4.79 Å². The molecule has 0 spiro atoms. The molecule has 5 heteroatoms. The number of hydrogen-bond donors (Lipinski definition) is 1. The smallest absolute Gasteiger partial charge is 0.345 e. The van der Waals surface area contributed by atoms with Crippen molar-refractivity contribution >= 4 is 17.3 Å². The van der Waals surface area contributed by atoms with E-state index in [0.717, 1.165) is 49.7 Å². The lowest BCUT2D eigenvalue weighted by Gasteiger charge is -2.18. The van der Waals surface area contributed by atoms with Crippen LogP contribution in [0.4, 0.5) is 0 Å². The van der Waals surface area contributed by atoms with Crippen LogP contribution in [0.15, 0.2) is 6.07 Å². The minimum absolute atomic E-state index is 0.434. The standard InChI is InChI=1S/C12H17NO3S/c1-9-10(7-11(17-9)12(14)15)8-13-3-2-5-16-6-4-13/h7H,2-6,8H2,1H3,(H,14,15). The second-order valence-electron chi connectivity index (χ2n) is 4.24. The summed E-state index contributed by atoms with van der Waals surface area (Å²) in [7, 11) is 0. The third-order valence-corrected chi connectivity index (χ3v) is 4.02. The lowest BCUT2D eigenvalue weighted by Crippen LogP contribution is -2.25. The van der Waals surface area contributed by atoms with E-state index >= 15 is 0 Å². The zero-order chi connectivity index (χ0) is 12.3. The first kappa shape index (κ1) is 12.5. The number of rotatable bonds is 3. The molecule has 1 fully saturated rings. The largest absolute Gasteiger partial charge is 0.477 e. The average molecular weight is 255 g/mol. The lowest BCUT2D eigenvalue weighted by atomic mass is 10.2. The quantitative estimate of drug-likeness (QED) is 0.897. The van der Waals surface area contributed by atoms with E-state index in [4.69, 9.17) is 9.84 Å². The van der Waals surface area contributed by atoms with Crippen molar-refractivity contribution in [3.63, 3.8) is 0 Å². The number of hydrogen-bond acceptors (Lipinski definition) is 4. The van der Waals surface area contributed by atoms with Crippen LogP contribution >= 0.6 is 11.3 Å². The van der Waals surface area contributed by atoms with Crippen LogP contribution < -0.4 is 0 Å². The summed E-state index contributed by atoms with van der Waals surface area (Å²) in [5.74, 6) is -0.830. The van der Waals surface area contributed by atoms with Crippen LogP contribution in [0.25, 0.3) is 0 Å². The van der Waals surface area contributed by atoms with Crippen molar-refractivity contribution < 1.29 is 14.6 Å². The summed E-state index contributed by atoms with van der Waals surface area (Å²) in [5.41, 5.74) is 1.13. The van der Waals surface area contributed by atoms with Gasteiger partial charge in [-0.1, -0.05) is 0 Å². The van der Waals surface area contributed by atoms with Crippen LogP contribution in [0.2, 0.25) is 0 Å². The van der Waals surface area contributed by atoms with E-state index in [1.54, 1.807) is 6.07 Å². The average Bonchev–Trinajstić information content (AvgIpc) is 2.52. The number of nitrogens with zero attached hydrogens (tertiary/aromatic N) is 1. The molecule has 0 radical (unpaired) electrons. The van der Waals surface area contributed by atoms with Gasteiger partial charge in [-0.2, -0.15) is 0 Å². The van der Waals surface area contributed by atoms with Gasteiger partial charge < -0.3 is 9.84 Å². The Hall–Kier alpha value is -0.910. The minimum Gasteiger partial charge on any atom is -0.477 e. The lowest BCUT2D eigenvalue weighted by molar-refractivity contribution is 0.0702. The second kappa shape index (κ2) is 5.62. The summed E-state index contributed by atoms with van der Waals surface area (Å²) in [6, 6.07) is 1.80. The van der Waals surface area contributed by atoms with Gasteiger partial charge in [0.1, 0.15) is 4.88 Å². The van der Waals surface area contributed by atoms with Gasteiger partial charge in [0, 0.05) is 31.1 Å². The van der Waals surface area contributed by atoms with Crippen molar-refractivity contribution in [2.45, 2.75) is 19.9 Å². The highest BCUT2D eigenvalue weighted by atomic mass is 32.1. The van der Waals surface area contributed by atoms with E-state index in [9.17, 15) is 4.79 Å². The zero-order valence-corrected chi connectivity index (χ0v) is 10.8. The van der Waals surface area contributed by atoms with Crippen LogP contribution in [0.1, 0.15) is 26.5 Å². The molecule has 2 heterocycles. The van der Waals surface area contributed by atoms with Crippen LogP contribution in [-0.4, -0.2) is 42.3 Å². The van der Waals surface area contributed by atoms with Crippen LogP contribution in [-0.2, 0) is 11.3 Å². The molecule has 1 aliphatic rings. The van der Waals surface area contributed by atoms with Gasteiger partial charge in [0.25, 0.3) is 0 Å². The van der Waals surface area contributed by atoms with Gasteiger partial charge in [0.2, 0.25) is 0 Å². The molecule has 0 bridgehead atoms. The molecule has 1 aromatic heterocycles. The maximum atomic E-state index is 10.9. The fourth-order valence-electron chi connectivity index (χ4n) is 1.98. The Morgan fingerprint density at radius 1 is 1.53 bits per heavy atom. The van der Waals surface area contributed by atoms with Crippen molar-refractivity contribution in [2.24, 2.45) is 0 Å². The van der Waals surface area contributed by atoms with Crippen molar-refractivity contribution in [1.29, 1.82) is 0 Å². The highest BCUT2D eigenvalue weighted by Crippen LogP contribution is 2.23. The van der Waals surface area contributed by atoms with Crippen LogP contribution in [0.5, 0.6) is 0 Å². The Morgan fingerprint density at radius 3 is 3.06 bits per heavy atom. The van der Waals surface area contributed by atoms with E-state index in [0.29, 0.717) is 4.88 Å². The number of carboxylic acid groups (broad SMARTS) is 1. The molecule has 0 unspecified atom stereocenters. The Morgan fingerprint density at radius 2 is 2.35 bits per heavy atom. The van der Waals surface area contributed by atoms with E-state index < -0.39 is 5.97 Å². The number of aromatic carboxylic acids is 1. The fourth-order valence-corrected chi connectivity index (χ4v) is 2.85. The maximum Gasteiger partial charge on any atom is 0.345 e. The Labute approximate surface area is 105 Å². The third-order valence-electron chi connectivity index (χ3n) is 2.94. The SMILES string of the molecule is Cc1sc(C(=O)O)cc1CN1CCCOCC1. The number of carboxylic acids is 1. The Balaban J connectivity index is 2.04. The first-order chi connectivity index (χ1) is 8.16. The minimum atomic E-state index is -0.830. The molecule has 0 saturated carbocycles. The summed E-state index contributed by atoms with van der Waals surface area (Å²) < 4.78 is 5.40. The van der Waals surface area contributed by atoms with Crippen molar-refractivity contribution in [2.75, 3.05) is 26.3 Å². The van der Waals surface area contributed by atoms with Gasteiger partial charge in [0.05, 0.1) is 6.61 Å². The van der Waals surface area contributed by atoms with E-state index in [-0.39, 0.29) is 0 Å². The summed E-state index contributed by atoms with van der Waals surface area (Å²) >= 11 is 1.36. The zero-order valence-electron chi connectivity index (χ0n) is 9.94. The molecule has 0 aliphatic carbocycles. The van der Waals surface area contributed by atoms with Crippen LogP contribution in [0, 0.1) is 6.92 Å². The summed E-state index contributed by atoms with van der Waals surface area (Å²) in [5, 5.41) is 8.95. The first-order valence-corrected chi connectivity index (χ1v) is 6.61. The molecule has 0 amide bonds. The van der Waals surface area contributed by atoms with E-state index in [2.05, 4.69) is 4.90 Å². The number of aryl methyl sites for hydroxylation is 1. The van der Waals surface area contributed by atoms with E-state index in [1.165, 1.54) is 11.3 Å². The number of carbonyl (C=O) groups is 1. The summed E-state index contributed by atoms with van der Waals surface area (Å²) in [4.78, 5) is 14.8. The molecule has 0 atom stereocenters. The van der Waals surface area contributed by atoms with Gasteiger partial charge in [-0.3, -0.25) is 4.90 Å². The molecule has 4 nitrogen and oxygen atoms in total. The molecule has 17 heavy (non-hydrogen) atoms. The summed E-state index contributed by atoms with van der Waals surface area (Å²) in [6.07, 6.45) is 1.05. The monoisotopic (exact) mass is 255 g/mol. The predicted molar refractivity (Wildman–Crippen MR) is 66.7 cm³/mol. The number of thiophene rings is 1. The predicted octanol–water partition coefficient (Wildman–Crippen LogP) is 1.98. The van der Waals surface area contributed by atoms with Gasteiger partial charge >= 0.3 is 5.97 Å². The molecule has 94 valence electrons. The van der Waals surface area contributed by atoms with Crippen molar-refractivity contribution in [3.8, 4) is 0 Å². The van der Waals surface area contributed by atoms with Gasteiger partial charge in [-0.05, 0) is 25.0 Å². The molecule has 2 rings (SSSR count). The Bertz CT molecular complexity index is 394. The molecule has 1 aliphatic heterocycles. The molecule has 1 aromatic rings. The van der Waals surface area contributed by atoms with Gasteiger partial charge in [-0.15, -0.1) is 11.3 Å². The first-order valence-electron chi connectivity index (χ1n) is 5.79. The summed E-state index contributed by atoms with van der Waals surface area (Å²) in [6.45, 7) is 6.38. The second-order valence-corrected chi connectivity index (χ2v) is 5.50. The molecule has 1 N–H and O–H groups in total. The fraction of sp³-hybridized carbons (Fsp3) is 0.583. The van der Waals surface area contributed by atoms with Crippen molar-refractivity contribution in [1.82, 2.24) is 4.90 Å². The van der Waals surface area contributed by atoms with Crippen LogP contribution in [0.3, 0.4) is 0 Å². The molecule has 1 saturated heterocycles. The highest BCUT2D eigenvalue weighted by molar-refractivity contribution is 7.14. The molecular formula is C12H17NO3S. The van der Waals surface area contributed by atoms with Gasteiger partial charge in [0.15, 0.2) is 0 Å². The highest BCUT2D eigenvalue weighted by Gasteiger charge is 2.15. The molecule has 0 aromatic carbocycles. The Kier molecular flexibility index (Phi) is 4.15. The van der Waals surface area contributed by atoms with E-state index in [1.807, 2.05) is 6.92 Å². The van der Waals surface area contributed by atoms with Crippen molar-refractivity contribution in [3.05, 3.63) is 21.4 Å². The third kappa shape index (κ3) is 3.28. The normalized spacial score (nSPS) is 17.9. The molecular weight excluding hydrogens is 238 g/mol.